The molecule has 0 bridgehead atoms. The van der Waals surface area contributed by atoms with Crippen LogP contribution >= 0.6 is 0 Å². The smallest absolute Gasteiger partial charge is 0.251 e. The lowest BCUT2D eigenvalue weighted by Crippen LogP contribution is -2.26. The Bertz CT molecular complexity index is 844. The maximum absolute atomic E-state index is 12.2. The maximum Gasteiger partial charge on any atom is 0.251 e. The molecule has 0 atom stereocenters. The number of aryl methyl sites for hydroxylation is 1. The third-order valence-electron chi connectivity index (χ3n) is 3.61. The van der Waals surface area contributed by atoms with Crippen molar-refractivity contribution < 1.29 is 17.9 Å². The summed E-state index contributed by atoms with van der Waals surface area (Å²) in [4.78, 5) is 12.2. The van der Waals surface area contributed by atoms with Gasteiger partial charge in [0.2, 0.25) is 0 Å². The Balaban J connectivity index is 2.07. The summed E-state index contributed by atoms with van der Waals surface area (Å²) >= 11 is 0. The first-order valence-corrected chi connectivity index (χ1v) is 9.42. The van der Waals surface area contributed by atoms with Crippen molar-refractivity contribution in [3.63, 3.8) is 0 Å². The number of rotatable bonds is 6. The quantitative estimate of drug-likeness (QED) is 0.871. The number of hydrogen-bond donors (Lipinski definition) is 1. The molecular weight excluding hydrogens is 326 g/mol. The number of sulfone groups is 1. The minimum Gasteiger partial charge on any atom is -0.495 e. The molecule has 0 aliphatic rings. The largest absolute Gasteiger partial charge is 0.495 e. The summed E-state index contributed by atoms with van der Waals surface area (Å²) in [6.45, 7) is 2.49. The summed E-state index contributed by atoms with van der Waals surface area (Å²) < 4.78 is 28.7. The normalized spacial score (nSPS) is 11.1. The Kier molecular flexibility index (Phi) is 5.62. The van der Waals surface area contributed by atoms with Gasteiger partial charge in [-0.15, -0.1) is 0 Å². The van der Waals surface area contributed by atoms with Crippen LogP contribution in [0.1, 0.15) is 21.5 Å². The molecule has 0 heterocycles. The Morgan fingerprint density at radius 1 is 1.17 bits per heavy atom. The number of carbonyl (C=O) groups excluding carboxylic acids is 1. The SMILES string of the molecule is COc1ccc(C(=O)NCCc2cccc(C)c2)cc1S(C)(=O)=O. The van der Waals surface area contributed by atoms with Crippen LogP contribution in [0.4, 0.5) is 0 Å². The van der Waals surface area contributed by atoms with Gasteiger partial charge < -0.3 is 10.1 Å². The predicted octanol–water partition coefficient (Wildman–Crippen LogP) is 2.38. The van der Waals surface area contributed by atoms with E-state index in [9.17, 15) is 13.2 Å². The summed E-state index contributed by atoms with van der Waals surface area (Å²) in [5, 5.41) is 2.81. The van der Waals surface area contributed by atoms with Gasteiger partial charge in [-0.05, 0) is 37.1 Å². The van der Waals surface area contributed by atoms with Gasteiger partial charge in [0, 0.05) is 18.4 Å². The lowest BCUT2D eigenvalue weighted by atomic mass is 10.1. The number of hydrogen-bond acceptors (Lipinski definition) is 4. The second-order valence-electron chi connectivity index (χ2n) is 5.63. The molecule has 0 spiro atoms. The molecule has 6 heteroatoms. The minimum absolute atomic E-state index is 0.0105. The summed E-state index contributed by atoms with van der Waals surface area (Å²) in [7, 11) is -2.08. The van der Waals surface area contributed by atoms with Crippen LogP contribution < -0.4 is 10.1 Å². The first-order chi connectivity index (χ1) is 11.3. The fourth-order valence-corrected chi connectivity index (χ4v) is 3.26. The molecule has 0 unspecified atom stereocenters. The van der Waals surface area contributed by atoms with Crippen LogP contribution in [-0.4, -0.2) is 34.2 Å². The first kappa shape index (κ1) is 18.0. The van der Waals surface area contributed by atoms with Crippen LogP contribution in [-0.2, 0) is 16.3 Å². The number of nitrogens with one attached hydrogen (secondary N) is 1. The van der Waals surface area contributed by atoms with Gasteiger partial charge in [0.25, 0.3) is 5.91 Å². The maximum atomic E-state index is 12.2. The highest BCUT2D eigenvalue weighted by molar-refractivity contribution is 7.90. The van der Waals surface area contributed by atoms with E-state index in [1.165, 1.54) is 24.8 Å². The monoisotopic (exact) mass is 347 g/mol. The van der Waals surface area contributed by atoms with Gasteiger partial charge in [-0.1, -0.05) is 29.8 Å². The fourth-order valence-electron chi connectivity index (χ4n) is 2.40. The van der Waals surface area contributed by atoms with Gasteiger partial charge in [0.15, 0.2) is 9.84 Å². The van der Waals surface area contributed by atoms with Gasteiger partial charge in [-0.25, -0.2) is 8.42 Å². The second kappa shape index (κ2) is 7.49. The molecule has 0 fully saturated rings. The molecule has 0 aliphatic carbocycles. The van der Waals surface area contributed by atoms with Crippen LogP contribution in [0, 0.1) is 6.92 Å². The number of ether oxygens (including phenoxy) is 1. The van der Waals surface area contributed by atoms with Crippen LogP contribution in [0.25, 0.3) is 0 Å². The molecule has 2 aromatic rings. The summed E-state index contributed by atoms with van der Waals surface area (Å²) in [5.41, 5.74) is 2.61. The third-order valence-corrected chi connectivity index (χ3v) is 4.72. The zero-order valence-electron chi connectivity index (χ0n) is 14.0. The van der Waals surface area contributed by atoms with Crippen molar-refractivity contribution in [2.45, 2.75) is 18.2 Å². The molecule has 2 rings (SSSR count). The predicted molar refractivity (Wildman–Crippen MR) is 93.3 cm³/mol. The van der Waals surface area contributed by atoms with Crippen LogP contribution in [0.15, 0.2) is 47.4 Å². The zero-order chi connectivity index (χ0) is 17.7. The first-order valence-electron chi connectivity index (χ1n) is 7.53. The Hall–Kier alpha value is -2.34. The number of benzene rings is 2. The van der Waals surface area contributed by atoms with Gasteiger partial charge in [-0.3, -0.25) is 4.79 Å². The highest BCUT2D eigenvalue weighted by Gasteiger charge is 2.17. The van der Waals surface area contributed by atoms with E-state index in [1.54, 1.807) is 6.07 Å². The van der Waals surface area contributed by atoms with Crippen molar-refractivity contribution in [3.8, 4) is 5.75 Å². The molecular formula is C18H21NO4S. The van der Waals surface area contributed by atoms with Gasteiger partial charge in [0.1, 0.15) is 10.6 Å². The van der Waals surface area contributed by atoms with E-state index >= 15 is 0 Å². The number of carbonyl (C=O) groups is 1. The second-order valence-corrected chi connectivity index (χ2v) is 7.62. The van der Waals surface area contributed by atoms with Gasteiger partial charge in [-0.2, -0.15) is 0 Å². The highest BCUT2D eigenvalue weighted by Crippen LogP contribution is 2.24. The summed E-state index contributed by atoms with van der Waals surface area (Å²) in [6.07, 6.45) is 1.80. The summed E-state index contributed by atoms with van der Waals surface area (Å²) in [5.74, 6) is -0.0796. The Morgan fingerprint density at radius 2 is 1.92 bits per heavy atom. The molecule has 0 saturated heterocycles. The van der Waals surface area contributed by atoms with E-state index in [2.05, 4.69) is 11.4 Å². The van der Waals surface area contributed by atoms with Gasteiger partial charge in [0.05, 0.1) is 7.11 Å². The standard InChI is InChI=1S/C18H21NO4S/c1-13-5-4-6-14(11-13)9-10-19-18(20)15-7-8-16(23-2)17(12-15)24(3,21)22/h4-8,11-12H,9-10H2,1-3H3,(H,19,20). The van der Waals surface area contributed by atoms with Crippen molar-refractivity contribution >= 4 is 15.7 Å². The van der Waals surface area contributed by atoms with Crippen molar-refractivity contribution in [2.75, 3.05) is 19.9 Å². The third kappa shape index (κ3) is 4.58. The number of amides is 1. The molecule has 0 aromatic heterocycles. The zero-order valence-corrected chi connectivity index (χ0v) is 14.8. The van der Waals surface area contributed by atoms with Crippen LogP contribution in [0.3, 0.4) is 0 Å². The molecule has 2 aromatic carbocycles. The molecule has 24 heavy (non-hydrogen) atoms. The van der Waals surface area contributed by atoms with E-state index in [1.807, 2.05) is 25.1 Å². The molecule has 0 radical (unpaired) electrons. The molecule has 0 aliphatic heterocycles. The van der Waals surface area contributed by atoms with Crippen molar-refractivity contribution in [2.24, 2.45) is 0 Å². The topological polar surface area (TPSA) is 72.5 Å². The average molecular weight is 347 g/mol. The van der Waals surface area contributed by atoms with Crippen LogP contribution in [0.2, 0.25) is 0 Å². The molecule has 0 saturated carbocycles. The fraction of sp³-hybridized carbons (Fsp3) is 0.278. The Labute approximate surface area is 142 Å². The minimum atomic E-state index is -3.47. The van der Waals surface area contributed by atoms with E-state index < -0.39 is 9.84 Å². The molecule has 5 nitrogen and oxygen atoms in total. The van der Waals surface area contributed by atoms with Crippen LogP contribution in [0.5, 0.6) is 5.75 Å². The molecule has 1 amide bonds. The lowest BCUT2D eigenvalue weighted by Gasteiger charge is -2.10. The molecule has 128 valence electrons. The lowest BCUT2D eigenvalue weighted by molar-refractivity contribution is 0.0954. The summed E-state index contributed by atoms with van der Waals surface area (Å²) in [6, 6.07) is 12.5. The van der Waals surface area contributed by atoms with Gasteiger partial charge >= 0.3 is 0 Å². The van der Waals surface area contributed by atoms with E-state index in [0.717, 1.165) is 11.8 Å². The average Bonchev–Trinajstić information content (AvgIpc) is 2.53. The highest BCUT2D eigenvalue weighted by atomic mass is 32.2. The van der Waals surface area contributed by atoms with Crippen molar-refractivity contribution in [3.05, 3.63) is 59.2 Å². The van der Waals surface area contributed by atoms with Crippen molar-refractivity contribution in [1.82, 2.24) is 5.32 Å². The van der Waals surface area contributed by atoms with Crippen molar-refractivity contribution in [1.29, 1.82) is 0 Å². The van der Waals surface area contributed by atoms with E-state index in [-0.39, 0.29) is 16.6 Å². The Morgan fingerprint density at radius 3 is 2.54 bits per heavy atom. The van der Waals surface area contributed by atoms with E-state index in [0.29, 0.717) is 18.5 Å². The molecule has 1 N–H and O–H groups in total. The van der Waals surface area contributed by atoms with E-state index in [4.69, 9.17) is 4.74 Å². The number of methoxy groups -OCH3 is 1.